The van der Waals surface area contributed by atoms with Crippen molar-refractivity contribution in [2.24, 2.45) is 0 Å². The summed E-state index contributed by atoms with van der Waals surface area (Å²) in [6.07, 6.45) is -0.186. The van der Waals surface area contributed by atoms with Crippen molar-refractivity contribution in [1.82, 2.24) is 4.90 Å². The van der Waals surface area contributed by atoms with Crippen LogP contribution in [-0.4, -0.2) is 35.7 Å². The molecule has 0 aromatic heterocycles. The highest BCUT2D eigenvalue weighted by molar-refractivity contribution is 6.30. The molecular formula is C12H15ClF2N2O2. The van der Waals surface area contributed by atoms with E-state index in [9.17, 15) is 13.6 Å². The Bertz CT molecular complexity index is 446. The van der Waals surface area contributed by atoms with Crippen LogP contribution in [0.1, 0.15) is 13.3 Å². The van der Waals surface area contributed by atoms with Crippen LogP contribution in [0.15, 0.2) is 12.1 Å². The molecule has 1 rings (SSSR count). The van der Waals surface area contributed by atoms with Gasteiger partial charge in [-0.2, -0.15) is 0 Å². The number of carbonyl (C=O) groups is 1. The number of rotatable bonds is 4. The zero-order chi connectivity index (χ0) is 14.6. The average Bonchev–Trinajstić information content (AvgIpc) is 2.30. The molecule has 2 N–H and O–H groups in total. The fraction of sp³-hybridized carbons (Fsp3) is 0.417. The summed E-state index contributed by atoms with van der Waals surface area (Å²) in [6, 6.07) is 1.16. The van der Waals surface area contributed by atoms with E-state index in [2.05, 4.69) is 5.32 Å². The number of hydrogen-bond acceptors (Lipinski definition) is 2. The van der Waals surface area contributed by atoms with Crippen LogP contribution >= 0.6 is 11.6 Å². The topological polar surface area (TPSA) is 52.6 Å². The summed E-state index contributed by atoms with van der Waals surface area (Å²) < 4.78 is 26.9. The van der Waals surface area contributed by atoms with Gasteiger partial charge in [-0.3, -0.25) is 0 Å². The van der Waals surface area contributed by atoms with Crippen molar-refractivity contribution in [3.05, 3.63) is 28.8 Å². The van der Waals surface area contributed by atoms with Gasteiger partial charge in [0.05, 0.1) is 6.10 Å². The fourth-order valence-corrected chi connectivity index (χ4v) is 1.54. The first-order chi connectivity index (χ1) is 8.81. The number of urea groups is 1. The maximum atomic E-state index is 13.5. The number of hydrogen-bond donors (Lipinski definition) is 2. The smallest absolute Gasteiger partial charge is 0.321 e. The molecule has 0 aliphatic rings. The quantitative estimate of drug-likeness (QED) is 0.896. The lowest BCUT2D eigenvalue weighted by Gasteiger charge is -2.19. The molecule has 106 valence electrons. The molecule has 0 aliphatic carbocycles. The molecule has 1 atom stereocenters. The van der Waals surface area contributed by atoms with Gasteiger partial charge in [0.15, 0.2) is 11.6 Å². The number of anilines is 1. The third kappa shape index (κ3) is 4.65. The molecule has 0 radical (unpaired) electrons. The van der Waals surface area contributed by atoms with Gasteiger partial charge in [-0.25, -0.2) is 13.6 Å². The summed E-state index contributed by atoms with van der Waals surface area (Å²) >= 11 is 5.47. The summed E-state index contributed by atoms with van der Waals surface area (Å²) in [7, 11) is 1.46. The Labute approximate surface area is 115 Å². The Hall–Kier alpha value is -1.40. The number of nitrogens with zero attached hydrogens (tertiary/aromatic N) is 1. The van der Waals surface area contributed by atoms with Crippen LogP contribution in [-0.2, 0) is 0 Å². The highest BCUT2D eigenvalue weighted by Gasteiger charge is 2.16. The number of aliphatic hydroxyl groups is 1. The molecule has 1 aromatic carbocycles. The number of carbonyl (C=O) groups excluding carboxylic acids is 1. The highest BCUT2D eigenvalue weighted by Crippen LogP contribution is 2.23. The van der Waals surface area contributed by atoms with Crippen molar-refractivity contribution in [3.8, 4) is 0 Å². The molecule has 1 unspecified atom stereocenters. The minimum atomic E-state index is -0.942. The van der Waals surface area contributed by atoms with Crippen LogP contribution in [0.3, 0.4) is 0 Å². The summed E-state index contributed by atoms with van der Waals surface area (Å²) in [6.45, 7) is 1.85. The van der Waals surface area contributed by atoms with Gasteiger partial charge in [0.2, 0.25) is 0 Å². The number of benzene rings is 1. The average molecular weight is 293 g/mol. The molecule has 0 heterocycles. The van der Waals surface area contributed by atoms with E-state index in [1.54, 1.807) is 6.92 Å². The molecule has 0 bridgehead atoms. The fourth-order valence-electron chi connectivity index (χ4n) is 1.35. The second-order valence-corrected chi connectivity index (χ2v) is 4.67. The third-order valence-corrected chi connectivity index (χ3v) is 2.69. The van der Waals surface area contributed by atoms with Crippen molar-refractivity contribution in [2.45, 2.75) is 19.4 Å². The molecule has 0 spiro atoms. The van der Waals surface area contributed by atoms with E-state index in [4.69, 9.17) is 16.7 Å². The first-order valence-corrected chi connectivity index (χ1v) is 6.03. The van der Waals surface area contributed by atoms with Crippen LogP contribution in [0, 0.1) is 11.6 Å². The number of nitrogens with one attached hydrogen (secondary N) is 1. The molecule has 2 amide bonds. The van der Waals surface area contributed by atoms with Gasteiger partial charge in [-0.05, 0) is 25.5 Å². The van der Waals surface area contributed by atoms with Crippen LogP contribution < -0.4 is 5.32 Å². The van der Waals surface area contributed by atoms with Crippen molar-refractivity contribution >= 4 is 23.3 Å². The first-order valence-electron chi connectivity index (χ1n) is 5.66. The van der Waals surface area contributed by atoms with E-state index >= 15 is 0 Å². The number of amides is 2. The van der Waals surface area contributed by atoms with Gasteiger partial charge in [0.1, 0.15) is 5.69 Å². The normalized spacial score (nSPS) is 12.1. The minimum absolute atomic E-state index is 0.0875. The SMILES string of the molecule is CC(O)CCN(C)C(=O)Nc1c(F)cc(Cl)cc1F. The van der Waals surface area contributed by atoms with Gasteiger partial charge in [-0.1, -0.05) is 11.6 Å². The third-order valence-electron chi connectivity index (χ3n) is 2.47. The second-order valence-electron chi connectivity index (χ2n) is 4.23. The van der Waals surface area contributed by atoms with Crippen LogP contribution in [0.4, 0.5) is 19.3 Å². The number of aliphatic hydroxyl groups excluding tert-OH is 1. The van der Waals surface area contributed by atoms with Gasteiger partial charge >= 0.3 is 6.03 Å². The van der Waals surface area contributed by atoms with E-state index in [-0.39, 0.29) is 11.6 Å². The molecule has 0 saturated heterocycles. The summed E-state index contributed by atoms with van der Waals surface area (Å²) in [5.41, 5.74) is -0.543. The molecule has 0 saturated carbocycles. The highest BCUT2D eigenvalue weighted by atomic mass is 35.5. The lowest BCUT2D eigenvalue weighted by molar-refractivity contribution is 0.167. The molecular weight excluding hydrogens is 278 g/mol. The number of halogens is 3. The van der Waals surface area contributed by atoms with Crippen molar-refractivity contribution in [1.29, 1.82) is 0 Å². The largest absolute Gasteiger partial charge is 0.393 e. The molecule has 0 fully saturated rings. The van der Waals surface area contributed by atoms with Gasteiger partial charge in [0, 0.05) is 18.6 Å². The van der Waals surface area contributed by atoms with E-state index in [0.29, 0.717) is 6.42 Å². The maximum absolute atomic E-state index is 13.5. The predicted octanol–water partition coefficient (Wildman–Crippen LogP) is 2.85. The van der Waals surface area contributed by atoms with Crippen LogP contribution in [0.2, 0.25) is 5.02 Å². The molecule has 0 aliphatic heterocycles. The Balaban J connectivity index is 2.72. The van der Waals surface area contributed by atoms with Gasteiger partial charge in [0.25, 0.3) is 0 Å². The van der Waals surface area contributed by atoms with Crippen LogP contribution in [0.5, 0.6) is 0 Å². The lowest BCUT2D eigenvalue weighted by atomic mass is 10.2. The van der Waals surface area contributed by atoms with Crippen molar-refractivity contribution in [3.63, 3.8) is 0 Å². The molecule has 7 heteroatoms. The zero-order valence-electron chi connectivity index (χ0n) is 10.6. The first kappa shape index (κ1) is 15.7. The minimum Gasteiger partial charge on any atom is -0.393 e. The van der Waals surface area contributed by atoms with E-state index in [1.807, 2.05) is 0 Å². The molecule has 19 heavy (non-hydrogen) atoms. The zero-order valence-corrected chi connectivity index (χ0v) is 11.3. The Kier molecular flexibility index (Phi) is 5.50. The molecule has 4 nitrogen and oxygen atoms in total. The maximum Gasteiger partial charge on any atom is 0.321 e. The van der Waals surface area contributed by atoms with E-state index < -0.39 is 29.5 Å². The van der Waals surface area contributed by atoms with E-state index in [0.717, 1.165) is 12.1 Å². The van der Waals surface area contributed by atoms with Crippen molar-refractivity contribution in [2.75, 3.05) is 18.9 Å². The predicted molar refractivity (Wildman–Crippen MR) is 69.3 cm³/mol. The summed E-state index contributed by atoms with van der Waals surface area (Å²) in [4.78, 5) is 12.9. The van der Waals surface area contributed by atoms with Gasteiger partial charge in [-0.15, -0.1) is 0 Å². The van der Waals surface area contributed by atoms with Crippen LogP contribution in [0.25, 0.3) is 0 Å². The summed E-state index contributed by atoms with van der Waals surface area (Å²) in [5.74, 6) is -1.88. The Morgan fingerprint density at radius 1 is 1.47 bits per heavy atom. The Morgan fingerprint density at radius 2 is 2.00 bits per heavy atom. The monoisotopic (exact) mass is 292 g/mol. The van der Waals surface area contributed by atoms with Crippen molar-refractivity contribution < 1.29 is 18.7 Å². The van der Waals surface area contributed by atoms with Gasteiger partial charge < -0.3 is 15.3 Å². The Morgan fingerprint density at radius 3 is 2.47 bits per heavy atom. The summed E-state index contributed by atoms with van der Waals surface area (Å²) in [5, 5.41) is 11.1. The standard InChI is InChI=1S/C12H15ClF2N2O2/c1-7(18)3-4-17(2)12(19)16-11-9(14)5-8(13)6-10(11)15/h5-7,18H,3-4H2,1-2H3,(H,16,19). The molecule has 1 aromatic rings. The lowest BCUT2D eigenvalue weighted by Crippen LogP contribution is -2.33. The second kappa shape index (κ2) is 6.68. The van der Waals surface area contributed by atoms with E-state index in [1.165, 1.54) is 11.9 Å².